The number of aliphatic hydroxyl groups is 2. The van der Waals surface area contributed by atoms with Crippen LogP contribution in [0, 0.1) is 0 Å². The summed E-state index contributed by atoms with van der Waals surface area (Å²) < 4.78 is 49.3. The maximum absolute atomic E-state index is 13.1. The van der Waals surface area contributed by atoms with Gasteiger partial charge in [0.15, 0.2) is 12.4 Å². The molecule has 2 aliphatic heterocycles. The molecule has 4 aromatic rings. The first-order chi connectivity index (χ1) is 19.4. The Kier molecular flexibility index (Phi) is 7.07. The molecular formula is C31H28O8S. The van der Waals surface area contributed by atoms with Gasteiger partial charge in [0, 0.05) is 18.2 Å². The first kappa shape index (κ1) is 26.5. The number of rotatable bonds is 7. The highest BCUT2D eigenvalue weighted by Gasteiger charge is 2.47. The molecule has 0 saturated carbocycles. The zero-order valence-corrected chi connectivity index (χ0v) is 22.4. The summed E-state index contributed by atoms with van der Waals surface area (Å²) in [4.78, 5) is 0.363. The largest absolute Gasteiger partial charge is 0.491 e. The maximum atomic E-state index is 13.1. The Hall–Kier alpha value is -3.73. The summed E-state index contributed by atoms with van der Waals surface area (Å²) in [5.74, 6) is 0.780. The van der Waals surface area contributed by atoms with Crippen molar-refractivity contribution in [2.75, 3.05) is 13.7 Å². The highest BCUT2D eigenvalue weighted by molar-refractivity contribution is 7.92. The van der Waals surface area contributed by atoms with Gasteiger partial charge in [0.2, 0.25) is 9.84 Å². The zero-order valence-electron chi connectivity index (χ0n) is 21.6. The van der Waals surface area contributed by atoms with Crippen LogP contribution in [0.15, 0.2) is 107 Å². The highest BCUT2D eigenvalue weighted by atomic mass is 32.2. The third-order valence-electron chi connectivity index (χ3n) is 7.23. The van der Waals surface area contributed by atoms with Crippen molar-refractivity contribution < 1.29 is 37.6 Å². The lowest BCUT2D eigenvalue weighted by atomic mass is 9.99. The van der Waals surface area contributed by atoms with Gasteiger partial charge in [0.25, 0.3) is 0 Å². The number of ether oxygens (including phenoxy) is 4. The predicted molar refractivity (Wildman–Crippen MR) is 147 cm³/mol. The van der Waals surface area contributed by atoms with Gasteiger partial charge in [-0.15, -0.1) is 0 Å². The number of hydrogen-bond acceptors (Lipinski definition) is 8. The third-order valence-corrected chi connectivity index (χ3v) is 9.09. The summed E-state index contributed by atoms with van der Waals surface area (Å²) >= 11 is 0. The first-order valence-electron chi connectivity index (χ1n) is 12.8. The Morgan fingerprint density at radius 3 is 2.15 bits per heavy atom. The fourth-order valence-corrected chi connectivity index (χ4v) is 6.83. The van der Waals surface area contributed by atoms with Gasteiger partial charge >= 0.3 is 0 Å². The van der Waals surface area contributed by atoms with Gasteiger partial charge in [0.05, 0.1) is 9.79 Å². The number of methoxy groups -OCH3 is 1. The molecule has 40 heavy (non-hydrogen) atoms. The molecule has 0 radical (unpaired) electrons. The van der Waals surface area contributed by atoms with E-state index in [0.717, 1.165) is 11.1 Å². The lowest BCUT2D eigenvalue weighted by Crippen LogP contribution is -2.61. The van der Waals surface area contributed by atoms with Gasteiger partial charge in [-0.1, -0.05) is 60.7 Å². The number of fused-ring (bicyclic) bond motifs is 3. The summed E-state index contributed by atoms with van der Waals surface area (Å²) in [5, 5.41) is 21.8. The molecule has 6 rings (SSSR count). The lowest BCUT2D eigenvalue weighted by Gasteiger charge is -2.41. The maximum Gasteiger partial charge on any atom is 0.207 e. The van der Waals surface area contributed by atoms with Crippen molar-refractivity contribution >= 4 is 9.84 Å². The molecule has 0 aliphatic carbocycles. The van der Waals surface area contributed by atoms with Crippen molar-refractivity contribution in [3.63, 3.8) is 0 Å². The van der Waals surface area contributed by atoms with E-state index >= 15 is 0 Å². The van der Waals surface area contributed by atoms with E-state index in [0.29, 0.717) is 16.9 Å². The molecule has 8 nitrogen and oxygen atoms in total. The van der Waals surface area contributed by atoms with Gasteiger partial charge in [-0.2, -0.15) is 0 Å². The fraction of sp³-hybridized carbons (Fsp3) is 0.226. The molecule has 0 aromatic heterocycles. The van der Waals surface area contributed by atoms with Gasteiger partial charge < -0.3 is 29.2 Å². The van der Waals surface area contributed by atoms with Crippen molar-refractivity contribution in [1.29, 1.82) is 0 Å². The summed E-state index contributed by atoms with van der Waals surface area (Å²) in [6, 6.07) is 29.0. The van der Waals surface area contributed by atoms with Crippen LogP contribution < -0.4 is 9.47 Å². The summed E-state index contributed by atoms with van der Waals surface area (Å²) in [5.41, 5.74) is 3.34. The van der Waals surface area contributed by atoms with Crippen molar-refractivity contribution in [3.05, 3.63) is 97.1 Å². The normalized spacial score (nSPS) is 24.6. The molecule has 1 saturated heterocycles. The van der Waals surface area contributed by atoms with Crippen molar-refractivity contribution in [1.82, 2.24) is 0 Å². The first-order valence-corrected chi connectivity index (χ1v) is 14.3. The molecule has 2 aliphatic rings. The van der Waals surface area contributed by atoms with Crippen LogP contribution in [0.1, 0.15) is 0 Å². The molecule has 0 amide bonds. The molecule has 5 atom stereocenters. The van der Waals surface area contributed by atoms with Crippen LogP contribution >= 0.6 is 0 Å². The Morgan fingerprint density at radius 2 is 1.40 bits per heavy atom. The fourth-order valence-electron chi connectivity index (χ4n) is 5.13. The average Bonchev–Trinajstić information content (AvgIpc) is 3.22. The van der Waals surface area contributed by atoms with E-state index in [1.807, 2.05) is 54.6 Å². The predicted octanol–water partition coefficient (Wildman–Crippen LogP) is 4.09. The highest BCUT2D eigenvalue weighted by Crippen LogP contribution is 2.44. The molecule has 0 bridgehead atoms. The summed E-state index contributed by atoms with van der Waals surface area (Å²) in [6.07, 6.45) is -5.80. The van der Waals surface area contributed by atoms with E-state index in [1.165, 1.54) is 13.2 Å². The van der Waals surface area contributed by atoms with Crippen LogP contribution in [0.4, 0.5) is 0 Å². The molecule has 0 unspecified atom stereocenters. The van der Waals surface area contributed by atoms with Crippen molar-refractivity contribution in [2.45, 2.75) is 40.5 Å². The topological polar surface area (TPSA) is 112 Å². The van der Waals surface area contributed by atoms with Crippen LogP contribution in [-0.2, 0) is 19.3 Å². The van der Waals surface area contributed by atoms with Crippen molar-refractivity contribution in [2.24, 2.45) is 0 Å². The van der Waals surface area contributed by atoms with E-state index in [9.17, 15) is 18.6 Å². The second-order valence-electron chi connectivity index (χ2n) is 9.70. The monoisotopic (exact) mass is 560 g/mol. The molecule has 0 spiro atoms. The minimum atomic E-state index is -3.70. The minimum Gasteiger partial charge on any atom is -0.491 e. The third kappa shape index (κ3) is 4.76. The second-order valence-corrected chi connectivity index (χ2v) is 11.6. The number of sulfone groups is 1. The Morgan fingerprint density at radius 1 is 0.750 bits per heavy atom. The SMILES string of the molecule is CO[C@@H]1O[C@H](COc2ccc(-c3ccccc3)cc2)[C@@H](O)[C@H](O)[C@H]1Oc1ccc2c(c1)S(=O)(=O)c1ccccc1-2. The molecule has 1 fully saturated rings. The van der Waals surface area contributed by atoms with Gasteiger partial charge in [-0.3, -0.25) is 0 Å². The molecule has 9 heteroatoms. The minimum absolute atomic E-state index is 0.0369. The van der Waals surface area contributed by atoms with Gasteiger partial charge in [-0.25, -0.2) is 8.42 Å². The Labute approximate surface area is 232 Å². The van der Waals surface area contributed by atoms with E-state index in [2.05, 4.69) is 0 Å². The number of hydrogen-bond donors (Lipinski definition) is 2. The quantitative estimate of drug-likeness (QED) is 0.306. The second kappa shape index (κ2) is 10.7. The Bertz CT molecular complexity index is 1600. The molecule has 2 N–H and O–H groups in total. The van der Waals surface area contributed by atoms with Crippen molar-refractivity contribution in [3.8, 4) is 33.8 Å². The smallest absolute Gasteiger partial charge is 0.207 e. The zero-order chi connectivity index (χ0) is 27.9. The average molecular weight is 561 g/mol. The van der Waals surface area contributed by atoms with Gasteiger partial charge in [0.1, 0.15) is 36.4 Å². The van der Waals surface area contributed by atoms with Crippen LogP contribution in [0.3, 0.4) is 0 Å². The standard InChI is InChI=1S/C31H28O8S/c1-36-31-30(38-22-15-16-24-23-9-5-6-10-26(23)40(34,35)27(24)17-22)29(33)28(32)25(39-31)18-37-21-13-11-20(12-14-21)19-7-3-2-4-8-19/h2-17,25,28-33H,18H2,1H3/t25-,28-,29+,30-,31-/m1/s1. The lowest BCUT2D eigenvalue weighted by molar-refractivity contribution is -0.287. The molecular weight excluding hydrogens is 532 g/mol. The van der Waals surface area contributed by atoms with E-state index < -0.39 is 40.5 Å². The van der Waals surface area contributed by atoms with E-state index in [4.69, 9.17) is 18.9 Å². The van der Waals surface area contributed by atoms with Crippen LogP contribution in [0.25, 0.3) is 22.3 Å². The van der Waals surface area contributed by atoms with Crippen LogP contribution in [0.5, 0.6) is 11.5 Å². The van der Waals surface area contributed by atoms with Crippen LogP contribution in [0.2, 0.25) is 0 Å². The number of aliphatic hydroxyl groups excluding tert-OH is 2. The van der Waals surface area contributed by atoms with E-state index in [-0.39, 0.29) is 22.1 Å². The summed E-state index contributed by atoms with van der Waals surface area (Å²) in [6.45, 7) is -0.0369. The molecule has 206 valence electrons. The molecule has 2 heterocycles. The van der Waals surface area contributed by atoms with E-state index in [1.54, 1.807) is 36.4 Å². The van der Waals surface area contributed by atoms with Gasteiger partial charge in [-0.05, 0) is 47.5 Å². The molecule has 4 aromatic carbocycles. The van der Waals surface area contributed by atoms with Crippen LogP contribution in [-0.4, -0.2) is 63.1 Å². The summed E-state index contributed by atoms with van der Waals surface area (Å²) in [7, 11) is -2.31. The number of benzene rings is 4. The Balaban J connectivity index is 1.14.